The van der Waals surface area contributed by atoms with Gasteiger partial charge in [0, 0.05) is 74.0 Å². The molecule has 286 valence electrons. The number of fused-ring (bicyclic) bond motifs is 1. The van der Waals surface area contributed by atoms with E-state index in [-0.39, 0.29) is 35.6 Å². The van der Waals surface area contributed by atoms with Gasteiger partial charge in [0.05, 0.1) is 29.9 Å². The van der Waals surface area contributed by atoms with Crippen molar-refractivity contribution in [3.8, 4) is 11.3 Å². The zero-order valence-corrected chi connectivity index (χ0v) is 31.5. The quantitative estimate of drug-likeness (QED) is 0.151. The number of carbonyl (C=O) groups is 4. The van der Waals surface area contributed by atoms with Crippen molar-refractivity contribution in [2.75, 3.05) is 56.7 Å². The van der Waals surface area contributed by atoms with Gasteiger partial charge in [0.15, 0.2) is 0 Å². The maximum atomic E-state index is 13.9. The molecule has 3 aromatic carbocycles. The fourth-order valence-corrected chi connectivity index (χ4v) is 8.03. The minimum Gasteiger partial charge on any atom is -0.383 e. The standard InChI is InChI=1S/C44H50N6O5/c1-55-25-21-46-41(51)34-14-9-24-50(29-34)44(54)33-13-7-12-31(26-33)42(52)48-39-18-17-35(49-22-5-2-6-23-49)28-37(39)40-27-32(19-20-45-40)43(53)47-38-16-8-11-30-10-3-4-15-36(30)38/h3-4,7,10,12-13,15,17-20,26-28,34,38H,2,5-6,8-9,11,14,16,21-25,29H2,1H3,(H,46,51)(H,47,53)(H,48,52)/t34-,38-/m0/s1. The lowest BCUT2D eigenvalue weighted by Gasteiger charge is -2.32. The number of benzene rings is 3. The van der Waals surface area contributed by atoms with Crippen molar-refractivity contribution in [1.29, 1.82) is 0 Å². The van der Waals surface area contributed by atoms with Crippen molar-refractivity contribution >= 4 is 35.0 Å². The summed E-state index contributed by atoms with van der Waals surface area (Å²) in [5.41, 5.74) is 6.50. The Bertz CT molecular complexity index is 2030. The summed E-state index contributed by atoms with van der Waals surface area (Å²) in [4.78, 5) is 62.7. The number of likely N-dealkylation sites (tertiary alicyclic amines) is 1. The molecule has 55 heavy (non-hydrogen) atoms. The first kappa shape index (κ1) is 37.8. The lowest BCUT2D eigenvalue weighted by molar-refractivity contribution is -0.126. The van der Waals surface area contributed by atoms with E-state index in [4.69, 9.17) is 9.72 Å². The predicted molar refractivity (Wildman–Crippen MR) is 213 cm³/mol. The molecule has 0 saturated carbocycles. The fourth-order valence-electron chi connectivity index (χ4n) is 8.03. The monoisotopic (exact) mass is 742 g/mol. The second-order valence-corrected chi connectivity index (χ2v) is 14.7. The molecular formula is C44H50N6O5. The zero-order valence-electron chi connectivity index (χ0n) is 31.5. The van der Waals surface area contributed by atoms with Gasteiger partial charge in [-0.15, -0.1) is 0 Å². The first-order valence-electron chi connectivity index (χ1n) is 19.6. The van der Waals surface area contributed by atoms with Gasteiger partial charge in [-0.25, -0.2) is 0 Å². The van der Waals surface area contributed by atoms with Crippen LogP contribution in [0, 0.1) is 5.92 Å². The maximum absolute atomic E-state index is 13.9. The molecule has 3 heterocycles. The summed E-state index contributed by atoms with van der Waals surface area (Å²) >= 11 is 0. The third-order valence-electron chi connectivity index (χ3n) is 11.0. The normalized spacial score (nSPS) is 18.2. The van der Waals surface area contributed by atoms with E-state index in [9.17, 15) is 19.2 Å². The molecule has 2 saturated heterocycles. The van der Waals surface area contributed by atoms with Crippen LogP contribution in [0.3, 0.4) is 0 Å². The Labute approximate surface area is 322 Å². The molecule has 0 spiro atoms. The van der Waals surface area contributed by atoms with Crippen LogP contribution < -0.4 is 20.9 Å². The summed E-state index contributed by atoms with van der Waals surface area (Å²) in [5, 5.41) is 9.23. The second kappa shape index (κ2) is 17.7. The summed E-state index contributed by atoms with van der Waals surface area (Å²) in [5.74, 6) is -1.14. The summed E-state index contributed by atoms with van der Waals surface area (Å²) < 4.78 is 5.04. The van der Waals surface area contributed by atoms with Gasteiger partial charge in [-0.3, -0.25) is 24.2 Å². The predicted octanol–water partition coefficient (Wildman–Crippen LogP) is 6.41. The molecule has 11 nitrogen and oxygen atoms in total. The number of ether oxygens (including phenoxy) is 1. The van der Waals surface area contributed by atoms with Gasteiger partial charge >= 0.3 is 0 Å². The van der Waals surface area contributed by atoms with Gasteiger partial charge in [-0.1, -0.05) is 30.3 Å². The number of hydrogen-bond donors (Lipinski definition) is 3. The van der Waals surface area contributed by atoms with E-state index in [0.29, 0.717) is 66.3 Å². The Morgan fingerprint density at radius 2 is 1.62 bits per heavy atom. The van der Waals surface area contributed by atoms with Crippen molar-refractivity contribution in [3.63, 3.8) is 0 Å². The van der Waals surface area contributed by atoms with Crippen LogP contribution in [0.2, 0.25) is 0 Å². The lowest BCUT2D eigenvalue weighted by atomic mass is 9.87. The summed E-state index contributed by atoms with van der Waals surface area (Å²) in [6.07, 6.45) is 9.40. The van der Waals surface area contributed by atoms with E-state index in [2.05, 4.69) is 33.0 Å². The first-order chi connectivity index (χ1) is 26.9. The third kappa shape index (κ3) is 9.05. The third-order valence-corrected chi connectivity index (χ3v) is 11.0. The van der Waals surface area contributed by atoms with E-state index in [1.807, 2.05) is 30.3 Å². The molecule has 1 aliphatic carbocycles. The van der Waals surface area contributed by atoms with E-state index < -0.39 is 0 Å². The highest BCUT2D eigenvalue weighted by Gasteiger charge is 2.29. The number of anilines is 2. The Kier molecular flexibility index (Phi) is 12.2. The number of nitrogens with zero attached hydrogens (tertiary/aromatic N) is 3. The molecule has 2 fully saturated rings. The second-order valence-electron chi connectivity index (χ2n) is 14.7. The smallest absolute Gasteiger partial charge is 0.255 e. The lowest BCUT2D eigenvalue weighted by Crippen LogP contribution is -2.46. The van der Waals surface area contributed by atoms with Gasteiger partial charge in [-0.2, -0.15) is 0 Å². The van der Waals surface area contributed by atoms with Crippen molar-refractivity contribution in [1.82, 2.24) is 20.5 Å². The van der Waals surface area contributed by atoms with Crippen molar-refractivity contribution in [3.05, 3.63) is 113 Å². The van der Waals surface area contributed by atoms with Crippen LogP contribution in [0.5, 0.6) is 0 Å². The Morgan fingerprint density at radius 1 is 0.800 bits per heavy atom. The van der Waals surface area contributed by atoms with Crippen LogP contribution in [0.25, 0.3) is 11.3 Å². The van der Waals surface area contributed by atoms with Gasteiger partial charge < -0.3 is 30.5 Å². The van der Waals surface area contributed by atoms with Crippen LogP contribution in [-0.2, 0) is 16.0 Å². The van der Waals surface area contributed by atoms with Crippen LogP contribution in [0.15, 0.2) is 85.1 Å². The molecule has 4 aromatic rings. The van der Waals surface area contributed by atoms with E-state index >= 15 is 0 Å². The Balaban J connectivity index is 1.11. The molecule has 3 N–H and O–H groups in total. The van der Waals surface area contributed by atoms with Crippen LogP contribution >= 0.6 is 0 Å². The molecule has 7 rings (SSSR count). The van der Waals surface area contributed by atoms with Crippen molar-refractivity contribution in [2.45, 2.75) is 57.4 Å². The number of piperidine rings is 2. The maximum Gasteiger partial charge on any atom is 0.255 e. The molecule has 0 unspecified atom stereocenters. The molecule has 1 aromatic heterocycles. The number of hydrogen-bond acceptors (Lipinski definition) is 7. The number of aromatic nitrogens is 1. The topological polar surface area (TPSA) is 133 Å². The van der Waals surface area contributed by atoms with Gasteiger partial charge in [0.1, 0.15) is 0 Å². The summed E-state index contributed by atoms with van der Waals surface area (Å²) in [6, 6.07) is 24.4. The highest BCUT2D eigenvalue weighted by Crippen LogP contribution is 2.34. The molecule has 2 aliphatic heterocycles. The Morgan fingerprint density at radius 3 is 2.47 bits per heavy atom. The summed E-state index contributed by atoms with van der Waals surface area (Å²) in [7, 11) is 1.59. The minimum atomic E-state index is -0.375. The van der Waals surface area contributed by atoms with Gasteiger partial charge in [-0.05, 0) is 111 Å². The largest absolute Gasteiger partial charge is 0.383 e. The molecule has 0 radical (unpaired) electrons. The minimum absolute atomic E-state index is 0.0593. The highest BCUT2D eigenvalue weighted by molar-refractivity contribution is 6.08. The average molecular weight is 743 g/mol. The molecular weight excluding hydrogens is 693 g/mol. The molecule has 3 aliphatic rings. The van der Waals surface area contributed by atoms with Crippen LogP contribution in [0.4, 0.5) is 11.4 Å². The van der Waals surface area contributed by atoms with E-state index in [1.54, 1.807) is 54.6 Å². The fraction of sp³-hybridized carbons (Fsp3) is 0.386. The number of rotatable bonds is 11. The number of aryl methyl sites for hydroxylation is 1. The van der Waals surface area contributed by atoms with Crippen LogP contribution in [-0.4, -0.2) is 80.0 Å². The van der Waals surface area contributed by atoms with E-state index in [0.717, 1.165) is 57.3 Å². The van der Waals surface area contributed by atoms with Crippen molar-refractivity contribution < 1.29 is 23.9 Å². The van der Waals surface area contributed by atoms with Gasteiger partial charge in [0.25, 0.3) is 17.7 Å². The van der Waals surface area contributed by atoms with E-state index in [1.165, 1.54) is 17.5 Å². The number of pyridine rings is 1. The number of carbonyl (C=O) groups excluding carboxylic acids is 4. The SMILES string of the molecule is COCCNC(=O)[C@H]1CCCN(C(=O)c2cccc(C(=O)Nc3ccc(N4CCCCC4)cc3-c3cc(C(=O)N[C@H]4CCCc5ccccc54)ccn3)c2)C1. The average Bonchev–Trinajstić information content (AvgIpc) is 3.24. The molecule has 2 atom stereocenters. The van der Waals surface area contributed by atoms with Crippen molar-refractivity contribution in [2.24, 2.45) is 5.92 Å². The molecule has 0 bridgehead atoms. The van der Waals surface area contributed by atoms with Gasteiger partial charge in [0.2, 0.25) is 5.91 Å². The number of nitrogens with one attached hydrogen (secondary N) is 3. The zero-order chi connectivity index (χ0) is 38.1. The highest BCUT2D eigenvalue weighted by atomic mass is 16.5. The number of amides is 4. The van der Waals surface area contributed by atoms with Crippen LogP contribution in [0.1, 0.15) is 93.2 Å². The first-order valence-corrected chi connectivity index (χ1v) is 19.6. The Hall–Kier alpha value is -5.55. The molecule has 4 amide bonds. The number of methoxy groups -OCH3 is 1. The summed E-state index contributed by atoms with van der Waals surface area (Å²) in [6.45, 7) is 3.60. The molecule has 11 heteroatoms.